The normalized spacial score (nSPS) is 18.1. The molecule has 149 heavy (non-hydrogen) atoms. The van der Waals surface area contributed by atoms with Gasteiger partial charge in [0.2, 0.25) is 18.9 Å². The van der Waals surface area contributed by atoms with E-state index in [1.165, 1.54) is 33.4 Å². The van der Waals surface area contributed by atoms with Crippen LogP contribution in [0.5, 0.6) is 0 Å². The Morgan fingerprint density at radius 2 is 0.510 bits per heavy atom. The summed E-state index contributed by atoms with van der Waals surface area (Å²) in [7, 11) is 0. The van der Waals surface area contributed by atoms with Crippen molar-refractivity contribution < 1.29 is 232 Å². The molecule has 2 N–H and O–H groups in total. The van der Waals surface area contributed by atoms with Gasteiger partial charge in [-0.3, -0.25) is 24.0 Å². The van der Waals surface area contributed by atoms with Gasteiger partial charge in [0, 0.05) is 65.4 Å². The Morgan fingerprint density at radius 1 is 0.315 bits per heavy atom. The molecule has 8 atom stereocenters. The maximum absolute atomic E-state index is 13.1. The Morgan fingerprint density at radius 3 is 0.705 bits per heavy atom. The van der Waals surface area contributed by atoms with Crippen molar-refractivity contribution in [2.75, 3.05) is 65.8 Å². The average Bonchev–Trinajstić information content (AvgIpc) is 0.798. The van der Waals surface area contributed by atoms with Crippen LogP contribution < -0.4 is 0 Å². The van der Waals surface area contributed by atoms with E-state index in [-0.39, 0.29) is 114 Å². The number of hydrogen-bond donors (Lipinski definition) is 2. The van der Waals surface area contributed by atoms with Crippen molar-refractivity contribution in [3.05, 3.63) is 297 Å². The molecular weight excluding hydrogens is 2090 g/mol. The number of carbonyl (C=O) groups is 7. The zero-order valence-electron chi connectivity index (χ0n) is 76.6. The number of aliphatic hydroxyl groups excluding tert-OH is 2. The third-order valence-corrected chi connectivity index (χ3v) is 19.8. The molecule has 5 aliphatic rings. The predicted molar refractivity (Wildman–Crippen MR) is 445 cm³/mol. The van der Waals surface area contributed by atoms with Crippen LogP contribution in [0.15, 0.2) is 206 Å². The average molecular weight is 2180 g/mol. The van der Waals surface area contributed by atoms with E-state index in [2.05, 4.69) is 22.8 Å². The van der Waals surface area contributed by atoms with Gasteiger partial charge in [-0.1, -0.05) is 152 Å². The molecule has 13 rings (SSSR count). The molecule has 0 spiro atoms. The monoisotopic (exact) mass is 2180 g/mol. The molecule has 8 unspecified atom stereocenters. The molecule has 8 aromatic carbocycles. The zero-order chi connectivity index (χ0) is 112. The first-order valence-corrected chi connectivity index (χ1v) is 42.2. The van der Waals surface area contributed by atoms with Crippen LogP contribution in [0, 0.1) is 13.3 Å². The summed E-state index contributed by atoms with van der Waals surface area (Å²) in [6.07, 6.45) is -63.0. The second-order valence-corrected chi connectivity index (χ2v) is 30.8. The molecule has 56 heteroatoms. The summed E-state index contributed by atoms with van der Waals surface area (Å²) in [6.45, 7) is 16.3. The van der Waals surface area contributed by atoms with E-state index in [0.717, 1.165) is 34.7 Å². The number of amides is 5. The second-order valence-electron chi connectivity index (χ2n) is 30.8. The molecule has 5 aliphatic heterocycles. The van der Waals surface area contributed by atoms with Crippen molar-refractivity contribution in [2.45, 2.75) is 165 Å². The number of rotatable bonds is 19. The van der Waals surface area contributed by atoms with Gasteiger partial charge in [0.15, 0.2) is 0 Å². The van der Waals surface area contributed by atoms with E-state index >= 15 is 0 Å². The minimum absolute atomic E-state index is 0.00558. The summed E-state index contributed by atoms with van der Waals surface area (Å²) >= 11 is 0. The van der Waals surface area contributed by atoms with Gasteiger partial charge in [0.05, 0.1) is 84.7 Å². The van der Waals surface area contributed by atoms with Gasteiger partial charge >= 0.3 is 96.7 Å². The van der Waals surface area contributed by atoms with Crippen LogP contribution in [0.3, 0.4) is 0 Å². The number of halogens is 30. The third-order valence-electron chi connectivity index (χ3n) is 19.8. The topological polar surface area (TPSA) is 308 Å². The fourth-order valence-corrected chi connectivity index (χ4v) is 12.8. The van der Waals surface area contributed by atoms with Gasteiger partial charge in [-0.2, -0.15) is 110 Å². The number of ether oxygens (including phenoxy) is 10. The number of morpholine rings is 5. The summed E-state index contributed by atoms with van der Waals surface area (Å²) in [6, 6.07) is 49.1. The zero-order valence-corrected chi connectivity index (χ0v) is 76.6. The number of nitrogens with zero attached hydrogens (tertiary/aromatic N) is 5. The molecule has 0 aromatic heterocycles. The summed E-state index contributed by atoms with van der Waals surface area (Å²) in [5, 5.41) is 18.3. The van der Waals surface area contributed by atoms with Crippen LogP contribution in [-0.4, -0.2) is 198 Å². The maximum atomic E-state index is 13.1. The number of carbonyl (C=O) groups excluding carboxylic acids is 7. The summed E-state index contributed by atoms with van der Waals surface area (Å²) in [5.74, 6) is -7.95. The van der Waals surface area contributed by atoms with E-state index < -0.39 is 186 Å². The molecule has 5 saturated heterocycles. The molecule has 5 heterocycles. The fraction of sp³-hybridized carbons (Fsp3) is 0.387. The van der Waals surface area contributed by atoms with Crippen LogP contribution in [0.25, 0.3) is 0 Å². The number of alkyl halides is 30. The van der Waals surface area contributed by atoms with Crippen molar-refractivity contribution in [1.29, 1.82) is 0 Å². The van der Waals surface area contributed by atoms with Gasteiger partial charge < -0.3 is 77.3 Å². The molecule has 816 valence electrons. The molecular formula is C93H83F30N5O21. The number of benzene rings is 8. The standard InChI is InChI=1S/2C21H19F6NO3.2C13H12F3NO4.C11H13NO3.C10H8F6O.C2F6O.2CO/c2*1-13(15-9-16(20(22,23)24)11-17(10-15)21(25,26)27)31-19-18(29)28(7-8-30-19)12-14-5-3-2-4-6-14;2*14-13(15,16)12(19)21-11-10(18)17(6-7-20-11)8-9-4-2-1-3-5-9;13-10-11(14)15-7-6-12(10)8-9-4-2-1-3-5-9;1-5(17)6-2-7(9(11,12)13)4-8(3-6)10(14,15)16;3-1(4,5)9-2(6,7)8;2*1-2/h2*2-6,9-11,13,19H,7-8,12H2,1H3;2*1-5,11H,6-8H2;1-5,11,14H,6-8H2;2-5,17H,1H3;;;. The Hall–Kier alpha value is -13.0. The van der Waals surface area contributed by atoms with Crippen molar-refractivity contribution in [1.82, 2.24) is 24.5 Å². The molecule has 0 aliphatic carbocycles. The fourth-order valence-electron chi connectivity index (χ4n) is 12.8. The van der Waals surface area contributed by atoms with Crippen molar-refractivity contribution in [3.8, 4) is 0 Å². The second kappa shape index (κ2) is 56.1. The first-order valence-electron chi connectivity index (χ1n) is 42.2. The Labute approximate surface area is 824 Å². The van der Waals surface area contributed by atoms with Gasteiger partial charge in [-0.15, -0.1) is 26.3 Å². The number of aliphatic hydroxyl groups is 2. The van der Waals surface area contributed by atoms with Crippen LogP contribution >= 0.6 is 0 Å². The van der Waals surface area contributed by atoms with Crippen LogP contribution in [0.1, 0.15) is 117 Å². The van der Waals surface area contributed by atoms with Gasteiger partial charge in [-0.25, -0.2) is 9.59 Å². The van der Waals surface area contributed by atoms with Crippen LogP contribution in [0.2, 0.25) is 0 Å². The Balaban J connectivity index is 0.000000312. The number of esters is 2. The molecule has 26 nitrogen and oxygen atoms in total. The molecule has 0 bridgehead atoms. The third kappa shape index (κ3) is 43.3. The van der Waals surface area contributed by atoms with E-state index in [1.54, 1.807) is 70.3 Å². The Bertz CT molecular complexity index is 5240. The first kappa shape index (κ1) is 126. The van der Waals surface area contributed by atoms with E-state index in [0.29, 0.717) is 56.1 Å². The number of hydrogen-bond acceptors (Lipinski definition) is 19. The Kier molecular flexibility index (Phi) is 47.6. The minimum atomic E-state index is -5.64. The van der Waals surface area contributed by atoms with E-state index in [9.17, 15) is 170 Å². The van der Waals surface area contributed by atoms with Crippen LogP contribution in [0.4, 0.5) is 132 Å². The SMILES string of the molecule is CC(O)c1cc(C(F)(F)F)cc(C(F)(F)F)c1.CC(OC1OCCN(Cc2ccccc2)C1=O)c1cc(C(F)(F)F)cc(C(F)(F)F)c1.CC(OC1OCCN(Cc2ccccc2)C1=O)c1cc(C(F)(F)F)cc(C(F)(F)F)c1.FC(F)(F)OC(F)(F)F.O=C1C(O)OCCN1Cc1ccccc1.O=C1C(OC(=O)C(F)(F)F)OCCN1Cc1ccccc1.O=C1C(OC(=O)C(F)(F)F)OCCN1Cc1ccccc1.[C-]#[O+].[C-]#[O+]. The van der Waals surface area contributed by atoms with Gasteiger partial charge in [0.1, 0.15) is 0 Å². The van der Waals surface area contributed by atoms with E-state index in [1.807, 2.05) is 91.0 Å². The summed E-state index contributed by atoms with van der Waals surface area (Å²) < 4.78 is 428. The van der Waals surface area contributed by atoms with Gasteiger partial charge in [-0.05, 0) is 120 Å². The molecule has 0 radical (unpaired) electrons. The summed E-state index contributed by atoms with van der Waals surface area (Å²) in [4.78, 5) is 89.3. The van der Waals surface area contributed by atoms with Crippen molar-refractivity contribution in [3.63, 3.8) is 0 Å². The van der Waals surface area contributed by atoms with Gasteiger partial charge in [0.25, 0.3) is 42.1 Å². The molecule has 5 amide bonds. The first-order chi connectivity index (χ1) is 69.1. The summed E-state index contributed by atoms with van der Waals surface area (Å²) in [5.41, 5.74) is -5.40. The quantitative estimate of drug-likeness (QED) is 0.0329. The van der Waals surface area contributed by atoms with Crippen molar-refractivity contribution >= 4 is 41.5 Å². The van der Waals surface area contributed by atoms with E-state index in [4.69, 9.17) is 47.6 Å². The van der Waals surface area contributed by atoms with Crippen LogP contribution in [-0.2, 0) is 160 Å². The molecule has 8 aromatic rings. The molecule has 5 fully saturated rings. The molecule has 0 saturated carbocycles. The van der Waals surface area contributed by atoms with Crippen molar-refractivity contribution in [2.24, 2.45) is 0 Å². The predicted octanol–water partition coefficient (Wildman–Crippen LogP) is 19.4.